The fraction of sp³-hybridized carbons (Fsp3) is 0.588. The third-order valence-corrected chi connectivity index (χ3v) is 4.21. The van der Waals surface area contributed by atoms with Gasteiger partial charge in [0, 0.05) is 32.8 Å². The first kappa shape index (κ1) is 16.0. The number of nitrogens with zero attached hydrogens (tertiary/aromatic N) is 2. The molecule has 0 aliphatic carbocycles. The molecule has 0 saturated carbocycles. The Morgan fingerprint density at radius 2 is 1.86 bits per heavy atom. The van der Waals surface area contributed by atoms with Gasteiger partial charge in [0.2, 0.25) is 5.91 Å². The van der Waals surface area contributed by atoms with Crippen molar-refractivity contribution in [2.75, 3.05) is 39.3 Å². The number of amides is 1. The van der Waals surface area contributed by atoms with E-state index in [1.165, 1.54) is 5.56 Å². The molecule has 0 aromatic heterocycles. The molecule has 1 heterocycles. The number of hydrogen-bond acceptors (Lipinski definition) is 3. The Labute approximate surface area is 127 Å². The maximum absolute atomic E-state index is 12.4. The normalized spacial score (nSPS) is 16.2. The Bertz CT molecular complexity index is 454. The van der Waals surface area contributed by atoms with Crippen molar-refractivity contribution < 1.29 is 9.90 Å². The zero-order valence-electron chi connectivity index (χ0n) is 12.9. The Balaban J connectivity index is 1.77. The van der Waals surface area contributed by atoms with Crippen LogP contribution in [0, 0.1) is 6.92 Å². The van der Waals surface area contributed by atoms with Gasteiger partial charge in [-0.25, -0.2) is 0 Å². The second kappa shape index (κ2) is 8.15. The van der Waals surface area contributed by atoms with Gasteiger partial charge in [0.1, 0.15) is 0 Å². The number of aryl methyl sites for hydroxylation is 1. The summed E-state index contributed by atoms with van der Waals surface area (Å²) in [6.07, 6.45) is 2.41. The fourth-order valence-electron chi connectivity index (χ4n) is 2.75. The summed E-state index contributed by atoms with van der Waals surface area (Å²) in [6, 6.07) is 8.10. The third-order valence-electron chi connectivity index (χ3n) is 4.21. The summed E-state index contributed by atoms with van der Waals surface area (Å²) in [4.78, 5) is 16.7. The monoisotopic (exact) mass is 290 g/mol. The second-order valence-corrected chi connectivity index (χ2v) is 5.76. The van der Waals surface area contributed by atoms with Gasteiger partial charge in [-0.2, -0.15) is 0 Å². The van der Waals surface area contributed by atoms with Crippen molar-refractivity contribution in [1.82, 2.24) is 9.80 Å². The predicted molar refractivity (Wildman–Crippen MR) is 84.2 cm³/mol. The molecule has 0 spiro atoms. The second-order valence-electron chi connectivity index (χ2n) is 5.76. The van der Waals surface area contributed by atoms with Gasteiger partial charge in [-0.15, -0.1) is 0 Å². The zero-order valence-corrected chi connectivity index (χ0v) is 12.9. The molecule has 1 aliphatic heterocycles. The number of rotatable bonds is 6. The van der Waals surface area contributed by atoms with E-state index in [0.717, 1.165) is 51.1 Å². The summed E-state index contributed by atoms with van der Waals surface area (Å²) in [5, 5.41) is 8.80. The first-order valence-electron chi connectivity index (χ1n) is 7.86. The van der Waals surface area contributed by atoms with E-state index in [1.54, 1.807) is 0 Å². The van der Waals surface area contributed by atoms with Crippen LogP contribution in [0.2, 0.25) is 0 Å². The van der Waals surface area contributed by atoms with Crippen LogP contribution in [0.4, 0.5) is 0 Å². The molecule has 21 heavy (non-hydrogen) atoms. The minimum atomic E-state index is 0.235. The summed E-state index contributed by atoms with van der Waals surface area (Å²) < 4.78 is 0. The van der Waals surface area contributed by atoms with Crippen molar-refractivity contribution in [1.29, 1.82) is 0 Å². The van der Waals surface area contributed by atoms with Crippen molar-refractivity contribution in [3.05, 3.63) is 35.4 Å². The van der Waals surface area contributed by atoms with Gasteiger partial charge >= 0.3 is 0 Å². The van der Waals surface area contributed by atoms with Crippen LogP contribution in [-0.4, -0.2) is 60.1 Å². The first-order chi connectivity index (χ1) is 10.2. The van der Waals surface area contributed by atoms with Crippen LogP contribution in [0.5, 0.6) is 0 Å². The average Bonchev–Trinajstić information content (AvgIpc) is 2.50. The number of unbranched alkanes of at least 4 members (excludes halogenated alkanes) is 1. The van der Waals surface area contributed by atoms with Gasteiger partial charge in [0.25, 0.3) is 0 Å². The number of carbonyl (C=O) groups is 1. The number of aliphatic hydroxyl groups excluding tert-OH is 1. The summed E-state index contributed by atoms with van der Waals surface area (Å²) in [6.45, 7) is 6.90. The van der Waals surface area contributed by atoms with E-state index in [9.17, 15) is 4.79 Å². The molecule has 0 atom stereocenters. The van der Waals surface area contributed by atoms with E-state index in [1.807, 2.05) is 23.1 Å². The van der Waals surface area contributed by atoms with Crippen LogP contribution < -0.4 is 0 Å². The first-order valence-corrected chi connectivity index (χ1v) is 7.86. The smallest absolute Gasteiger partial charge is 0.227 e. The quantitative estimate of drug-likeness (QED) is 0.807. The lowest BCUT2D eigenvalue weighted by atomic mass is 10.1. The van der Waals surface area contributed by atoms with Gasteiger partial charge < -0.3 is 10.0 Å². The average molecular weight is 290 g/mol. The molecule has 1 N–H and O–H groups in total. The Morgan fingerprint density at radius 3 is 2.52 bits per heavy atom. The molecule has 1 saturated heterocycles. The molecule has 1 aliphatic rings. The minimum Gasteiger partial charge on any atom is -0.396 e. The minimum absolute atomic E-state index is 0.235. The lowest BCUT2D eigenvalue weighted by Crippen LogP contribution is -2.49. The lowest BCUT2D eigenvalue weighted by Gasteiger charge is -2.34. The van der Waals surface area contributed by atoms with E-state index in [0.29, 0.717) is 6.42 Å². The molecule has 2 rings (SSSR count). The van der Waals surface area contributed by atoms with E-state index in [2.05, 4.69) is 17.9 Å². The summed E-state index contributed by atoms with van der Waals surface area (Å²) in [5.74, 6) is 0.235. The summed E-state index contributed by atoms with van der Waals surface area (Å²) in [7, 11) is 0. The number of aliphatic hydroxyl groups is 1. The van der Waals surface area contributed by atoms with Crippen molar-refractivity contribution in [3.8, 4) is 0 Å². The number of hydrogen-bond donors (Lipinski definition) is 1. The number of benzene rings is 1. The molecule has 1 aromatic carbocycles. The Kier molecular flexibility index (Phi) is 6.21. The van der Waals surface area contributed by atoms with Crippen LogP contribution in [0.15, 0.2) is 24.3 Å². The van der Waals surface area contributed by atoms with Gasteiger partial charge in [-0.05, 0) is 37.4 Å². The molecule has 1 amide bonds. The zero-order chi connectivity index (χ0) is 15.1. The van der Waals surface area contributed by atoms with Gasteiger partial charge in [-0.3, -0.25) is 9.69 Å². The lowest BCUT2D eigenvalue weighted by molar-refractivity contribution is -0.132. The van der Waals surface area contributed by atoms with E-state index in [4.69, 9.17) is 5.11 Å². The third kappa shape index (κ3) is 4.83. The number of carbonyl (C=O) groups excluding carboxylic acids is 1. The molecule has 0 radical (unpaired) electrons. The van der Waals surface area contributed by atoms with Gasteiger partial charge in [0.05, 0.1) is 6.42 Å². The van der Waals surface area contributed by atoms with Crippen LogP contribution in [0.3, 0.4) is 0 Å². The highest BCUT2D eigenvalue weighted by Crippen LogP contribution is 2.11. The van der Waals surface area contributed by atoms with E-state index < -0.39 is 0 Å². The highest BCUT2D eigenvalue weighted by Gasteiger charge is 2.21. The molecule has 4 heteroatoms. The molecule has 1 fully saturated rings. The highest BCUT2D eigenvalue weighted by atomic mass is 16.2. The largest absolute Gasteiger partial charge is 0.396 e. The predicted octanol–water partition coefficient (Wildman–Crippen LogP) is 1.45. The Hall–Kier alpha value is -1.39. The van der Waals surface area contributed by atoms with Crippen molar-refractivity contribution in [2.24, 2.45) is 0 Å². The van der Waals surface area contributed by atoms with Gasteiger partial charge in [-0.1, -0.05) is 24.3 Å². The van der Waals surface area contributed by atoms with E-state index >= 15 is 0 Å². The van der Waals surface area contributed by atoms with Crippen LogP contribution in [-0.2, 0) is 11.2 Å². The molecule has 116 valence electrons. The summed E-state index contributed by atoms with van der Waals surface area (Å²) >= 11 is 0. The van der Waals surface area contributed by atoms with Crippen molar-refractivity contribution >= 4 is 5.91 Å². The molecule has 0 bridgehead atoms. The highest BCUT2D eigenvalue weighted by molar-refractivity contribution is 5.79. The fourth-order valence-corrected chi connectivity index (χ4v) is 2.75. The summed E-state index contributed by atoms with van der Waals surface area (Å²) in [5.41, 5.74) is 2.32. The molecular weight excluding hydrogens is 264 g/mol. The van der Waals surface area contributed by atoms with Crippen LogP contribution >= 0.6 is 0 Å². The van der Waals surface area contributed by atoms with Crippen molar-refractivity contribution in [2.45, 2.75) is 26.2 Å². The molecule has 1 aromatic rings. The SMILES string of the molecule is Cc1ccccc1CC(=O)N1CCN(CCCCO)CC1. The van der Waals surface area contributed by atoms with E-state index in [-0.39, 0.29) is 12.5 Å². The van der Waals surface area contributed by atoms with Crippen LogP contribution in [0.25, 0.3) is 0 Å². The standard InChI is InChI=1S/C17H26N2O2/c1-15-6-2-3-7-16(15)14-17(21)19-11-9-18(10-12-19)8-4-5-13-20/h2-3,6-7,20H,4-5,8-14H2,1H3. The molecular formula is C17H26N2O2. The Morgan fingerprint density at radius 1 is 1.14 bits per heavy atom. The topological polar surface area (TPSA) is 43.8 Å². The van der Waals surface area contributed by atoms with Crippen LogP contribution in [0.1, 0.15) is 24.0 Å². The maximum atomic E-state index is 12.4. The molecule has 0 unspecified atom stereocenters. The molecule has 4 nitrogen and oxygen atoms in total. The van der Waals surface area contributed by atoms with Crippen molar-refractivity contribution in [3.63, 3.8) is 0 Å². The van der Waals surface area contributed by atoms with Gasteiger partial charge in [0.15, 0.2) is 0 Å². The number of piperazine rings is 1. The maximum Gasteiger partial charge on any atom is 0.227 e.